The number of ketones is 1. The van der Waals surface area contributed by atoms with Crippen molar-refractivity contribution in [3.05, 3.63) is 173 Å². The number of Topliss-reactive ketones (excluding diaryl/α,β-unsaturated/α-hetero) is 1. The lowest BCUT2D eigenvalue weighted by atomic mass is 9.84. The molecule has 1 unspecified atom stereocenters. The number of carbonyl (C=O) groups is 4. The number of aryl methyl sites for hydroxylation is 2. The van der Waals surface area contributed by atoms with Gasteiger partial charge in [-0.3, -0.25) is 14.4 Å². The van der Waals surface area contributed by atoms with Gasteiger partial charge in [0.05, 0.1) is 16.8 Å². The van der Waals surface area contributed by atoms with Crippen LogP contribution in [-0.2, 0) is 36.7 Å². The number of benzene rings is 5. The number of halogens is 1. The standard InChI is InChI=1S/C50H54FN3O6S/c1-34(46(56)33-59-35(2)55)53-47(57)45-29-42(28-25-37(45)24-21-36-22-26-41(51)27-23-36)52-31-43-30-44(32-54(43)48(58)60-49(3,4)5)61-50(38-15-9-6-10-16-38,39-17-11-7-12-18-39)40-19-13-8-14-20-40/h6-20,22-23,25-29,34,43-44,52H,21,24,30-33H2,1-5H3,(H,53,57)/t34?,43-,44-/m0/s1. The summed E-state index contributed by atoms with van der Waals surface area (Å²) in [6, 6.07) is 42.0. The number of hydrogen-bond acceptors (Lipinski definition) is 8. The normalized spacial score (nSPS) is 15.7. The lowest BCUT2D eigenvalue weighted by molar-refractivity contribution is -0.146. The average molecular weight is 844 g/mol. The van der Waals surface area contributed by atoms with E-state index in [2.05, 4.69) is 83.4 Å². The maximum absolute atomic E-state index is 14.0. The molecule has 0 saturated carbocycles. The average Bonchev–Trinajstić information content (AvgIpc) is 3.66. The predicted octanol–water partition coefficient (Wildman–Crippen LogP) is 9.38. The molecule has 1 aliphatic heterocycles. The second kappa shape index (κ2) is 20.1. The van der Waals surface area contributed by atoms with E-state index < -0.39 is 46.7 Å². The number of nitrogens with zero attached hydrogens (tertiary/aromatic N) is 1. The number of anilines is 1. The summed E-state index contributed by atoms with van der Waals surface area (Å²) in [7, 11) is 0. The van der Waals surface area contributed by atoms with E-state index in [1.54, 1.807) is 25.1 Å². The number of esters is 1. The molecule has 1 aliphatic rings. The van der Waals surface area contributed by atoms with Gasteiger partial charge in [-0.05, 0) is 99.0 Å². The second-order valence-corrected chi connectivity index (χ2v) is 17.9. The van der Waals surface area contributed by atoms with Gasteiger partial charge in [-0.15, -0.1) is 11.8 Å². The van der Waals surface area contributed by atoms with Crippen LogP contribution >= 0.6 is 11.8 Å². The molecule has 0 aliphatic carbocycles. The minimum Gasteiger partial charge on any atom is -0.458 e. The van der Waals surface area contributed by atoms with E-state index in [1.165, 1.54) is 19.1 Å². The molecule has 0 bridgehead atoms. The van der Waals surface area contributed by atoms with E-state index in [9.17, 15) is 23.6 Å². The van der Waals surface area contributed by atoms with Crippen molar-refractivity contribution in [3.8, 4) is 0 Å². The zero-order chi connectivity index (χ0) is 43.6. The molecular formula is C50H54FN3O6S. The van der Waals surface area contributed by atoms with Gasteiger partial charge < -0.3 is 25.0 Å². The molecule has 1 heterocycles. The number of nitrogens with one attached hydrogen (secondary N) is 2. The fraction of sp³-hybridized carbons (Fsp3) is 0.320. The van der Waals surface area contributed by atoms with Gasteiger partial charge in [-0.2, -0.15) is 0 Å². The zero-order valence-corrected chi connectivity index (χ0v) is 36.2. The minimum absolute atomic E-state index is 0.00104. The number of thioether (sulfide) groups is 1. The van der Waals surface area contributed by atoms with Crippen molar-refractivity contribution in [2.75, 3.05) is 25.0 Å². The lowest BCUT2D eigenvalue weighted by Crippen LogP contribution is -2.43. The van der Waals surface area contributed by atoms with Gasteiger partial charge in [0.15, 0.2) is 12.4 Å². The summed E-state index contributed by atoms with van der Waals surface area (Å²) in [6.07, 6.45) is 1.30. The first-order valence-corrected chi connectivity index (χ1v) is 21.5. The van der Waals surface area contributed by atoms with E-state index in [1.807, 2.05) is 67.8 Å². The molecule has 3 atom stereocenters. The Bertz CT molecular complexity index is 2170. The first-order chi connectivity index (χ1) is 29.2. The van der Waals surface area contributed by atoms with Crippen LogP contribution in [0.3, 0.4) is 0 Å². The highest BCUT2D eigenvalue weighted by Crippen LogP contribution is 2.52. The SMILES string of the molecule is CC(=O)OCC(=O)C(C)NC(=O)c1cc(NC[C@@H]2C[C@H](SC(c3ccccc3)(c3ccccc3)c3ccccc3)CN2C(=O)OC(C)(C)C)ccc1CCc1ccc(F)cc1. The summed E-state index contributed by atoms with van der Waals surface area (Å²) < 4.78 is 23.9. The summed E-state index contributed by atoms with van der Waals surface area (Å²) in [5.74, 6) is -1.83. The lowest BCUT2D eigenvalue weighted by Gasteiger charge is -2.37. The van der Waals surface area contributed by atoms with Crippen molar-refractivity contribution in [3.63, 3.8) is 0 Å². The van der Waals surface area contributed by atoms with Gasteiger partial charge in [0, 0.05) is 36.5 Å². The molecule has 6 rings (SSSR count). The van der Waals surface area contributed by atoms with Gasteiger partial charge in [-0.1, -0.05) is 109 Å². The third-order valence-corrected chi connectivity index (χ3v) is 12.4. The molecule has 5 aromatic rings. The maximum Gasteiger partial charge on any atom is 0.410 e. The number of hydrogen-bond donors (Lipinski definition) is 2. The Morgan fingerprint density at radius 1 is 0.803 bits per heavy atom. The molecule has 1 fully saturated rings. The molecule has 2 amide bonds. The Kier molecular flexibility index (Phi) is 14.7. The van der Waals surface area contributed by atoms with Gasteiger partial charge >= 0.3 is 12.1 Å². The number of carbonyl (C=O) groups excluding carboxylic acids is 4. The Labute approximate surface area is 362 Å². The van der Waals surface area contributed by atoms with Crippen LogP contribution in [0, 0.1) is 5.82 Å². The number of amides is 2. The van der Waals surface area contributed by atoms with Crippen LogP contribution in [0.1, 0.15) is 79.2 Å². The van der Waals surface area contributed by atoms with Crippen molar-refractivity contribution in [2.24, 2.45) is 0 Å². The Morgan fingerprint density at radius 3 is 1.92 bits per heavy atom. The van der Waals surface area contributed by atoms with E-state index in [-0.39, 0.29) is 17.1 Å². The first kappa shape index (κ1) is 44.6. The number of ether oxygens (including phenoxy) is 2. The molecule has 0 radical (unpaired) electrons. The van der Waals surface area contributed by atoms with Crippen LogP contribution in [-0.4, -0.2) is 71.3 Å². The quantitative estimate of drug-likeness (QED) is 0.0747. The minimum atomic E-state index is -0.918. The number of rotatable bonds is 16. The zero-order valence-electron chi connectivity index (χ0n) is 35.4. The highest BCUT2D eigenvalue weighted by Gasteiger charge is 2.45. The summed E-state index contributed by atoms with van der Waals surface area (Å²) in [4.78, 5) is 53.7. The van der Waals surface area contributed by atoms with Crippen LogP contribution < -0.4 is 10.6 Å². The fourth-order valence-electron chi connectivity index (χ4n) is 7.60. The van der Waals surface area contributed by atoms with E-state index in [4.69, 9.17) is 9.47 Å². The van der Waals surface area contributed by atoms with E-state index in [0.29, 0.717) is 43.6 Å². The third kappa shape index (κ3) is 11.7. The Morgan fingerprint density at radius 2 is 1.38 bits per heavy atom. The van der Waals surface area contributed by atoms with Crippen molar-refractivity contribution in [1.82, 2.24) is 10.2 Å². The molecule has 11 heteroatoms. The van der Waals surface area contributed by atoms with Crippen LogP contribution in [0.25, 0.3) is 0 Å². The molecule has 0 aromatic heterocycles. The predicted molar refractivity (Wildman–Crippen MR) is 239 cm³/mol. The Hall–Kier alpha value is -5.94. The van der Waals surface area contributed by atoms with Gasteiger partial charge in [0.25, 0.3) is 5.91 Å². The molecular weight excluding hydrogens is 790 g/mol. The van der Waals surface area contributed by atoms with Crippen LogP contribution in [0.2, 0.25) is 0 Å². The third-order valence-electron chi connectivity index (χ3n) is 10.6. The fourth-order valence-corrected chi connectivity index (χ4v) is 9.47. The Balaban J connectivity index is 1.28. The van der Waals surface area contributed by atoms with Gasteiger partial charge in [0.1, 0.15) is 11.4 Å². The largest absolute Gasteiger partial charge is 0.458 e. The highest BCUT2D eigenvalue weighted by atomic mass is 32.2. The summed E-state index contributed by atoms with van der Waals surface area (Å²) in [6.45, 7) is 8.72. The summed E-state index contributed by atoms with van der Waals surface area (Å²) in [5, 5.41) is 6.29. The van der Waals surface area contributed by atoms with E-state index >= 15 is 0 Å². The number of likely N-dealkylation sites (tertiary alicyclic amines) is 1. The second-order valence-electron chi connectivity index (χ2n) is 16.4. The summed E-state index contributed by atoms with van der Waals surface area (Å²) in [5.41, 5.74) is 5.36. The molecule has 318 valence electrons. The molecule has 2 N–H and O–H groups in total. The monoisotopic (exact) mass is 843 g/mol. The van der Waals surface area contributed by atoms with Crippen LogP contribution in [0.5, 0.6) is 0 Å². The smallest absolute Gasteiger partial charge is 0.410 e. The molecule has 5 aromatic carbocycles. The molecule has 1 saturated heterocycles. The van der Waals surface area contributed by atoms with Crippen molar-refractivity contribution in [2.45, 2.75) is 81.6 Å². The van der Waals surface area contributed by atoms with Crippen molar-refractivity contribution >= 4 is 41.2 Å². The first-order valence-electron chi connectivity index (χ1n) is 20.6. The molecule has 0 spiro atoms. The summed E-state index contributed by atoms with van der Waals surface area (Å²) >= 11 is 1.84. The topological polar surface area (TPSA) is 114 Å². The molecule has 61 heavy (non-hydrogen) atoms. The molecule has 9 nitrogen and oxygen atoms in total. The van der Waals surface area contributed by atoms with Gasteiger partial charge in [-0.25, -0.2) is 9.18 Å². The van der Waals surface area contributed by atoms with Crippen LogP contribution in [0.15, 0.2) is 133 Å². The van der Waals surface area contributed by atoms with Crippen LogP contribution in [0.4, 0.5) is 14.9 Å². The van der Waals surface area contributed by atoms with Crippen molar-refractivity contribution < 1.29 is 33.0 Å². The van der Waals surface area contributed by atoms with Gasteiger partial charge in [0.2, 0.25) is 0 Å². The highest BCUT2D eigenvalue weighted by molar-refractivity contribution is 8.01. The van der Waals surface area contributed by atoms with Crippen molar-refractivity contribution in [1.29, 1.82) is 0 Å². The van der Waals surface area contributed by atoms with E-state index in [0.717, 1.165) is 27.8 Å². The maximum atomic E-state index is 14.0.